The summed E-state index contributed by atoms with van der Waals surface area (Å²) in [4.78, 5) is 22.5. The average Bonchev–Trinajstić information content (AvgIpc) is 3.25. The summed E-state index contributed by atoms with van der Waals surface area (Å²) in [6.07, 6.45) is 0. The Kier molecular flexibility index (Phi) is 7.61. The first-order chi connectivity index (χ1) is 15.0. The van der Waals surface area contributed by atoms with Crippen molar-refractivity contribution < 1.29 is 9.32 Å². The molecule has 0 fully saturated rings. The van der Waals surface area contributed by atoms with Crippen LogP contribution in [-0.2, 0) is 13.1 Å². The van der Waals surface area contributed by atoms with Gasteiger partial charge in [-0.3, -0.25) is 4.79 Å². The van der Waals surface area contributed by atoms with Crippen molar-refractivity contribution in [1.82, 2.24) is 25.7 Å². The topological polar surface area (TPSA) is 95.7 Å². The number of carbonyl (C=O) groups is 1. The lowest BCUT2D eigenvalue weighted by atomic mass is 10.1. The van der Waals surface area contributed by atoms with Crippen molar-refractivity contribution in [3.05, 3.63) is 70.6 Å². The van der Waals surface area contributed by atoms with E-state index < -0.39 is 0 Å². The highest BCUT2D eigenvalue weighted by Gasteiger charge is 2.10. The second-order valence-electron chi connectivity index (χ2n) is 6.96. The van der Waals surface area contributed by atoms with Crippen molar-refractivity contribution in [3.63, 3.8) is 0 Å². The first-order valence-electron chi connectivity index (χ1n) is 9.87. The van der Waals surface area contributed by atoms with Gasteiger partial charge in [0, 0.05) is 36.8 Å². The molecule has 3 rings (SSSR count). The smallest absolute Gasteiger partial charge is 0.253 e. The zero-order chi connectivity index (χ0) is 22.2. The minimum atomic E-state index is -0.0254. The lowest BCUT2D eigenvalue weighted by Crippen LogP contribution is -2.36. The molecule has 162 valence electrons. The van der Waals surface area contributed by atoms with Gasteiger partial charge in [-0.2, -0.15) is 4.98 Å². The van der Waals surface area contributed by atoms with E-state index in [4.69, 9.17) is 16.1 Å². The van der Waals surface area contributed by atoms with Crippen molar-refractivity contribution >= 4 is 23.5 Å². The fourth-order valence-electron chi connectivity index (χ4n) is 2.73. The number of hydrogen-bond donors (Lipinski definition) is 2. The standard InChI is InChI=1S/C22H25ClN6O2/c1-4-24-22(25-13-15-5-7-17(8-6-15)21(30)29(2)3)26-14-19-27-20(28-31-19)16-9-11-18(23)12-10-16/h5-12H,4,13-14H2,1-3H3,(H2,24,25,26). The maximum atomic E-state index is 12.0. The van der Waals surface area contributed by atoms with Gasteiger partial charge >= 0.3 is 0 Å². The highest BCUT2D eigenvalue weighted by atomic mass is 35.5. The van der Waals surface area contributed by atoms with Gasteiger partial charge in [0.1, 0.15) is 0 Å². The van der Waals surface area contributed by atoms with Crippen LogP contribution in [0.4, 0.5) is 0 Å². The van der Waals surface area contributed by atoms with Crippen molar-refractivity contribution in [1.29, 1.82) is 0 Å². The van der Waals surface area contributed by atoms with Crippen LogP contribution in [0.1, 0.15) is 28.7 Å². The zero-order valence-corrected chi connectivity index (χ0v) is 18.5. The molecule has 2 aromatic carbocycles. The molecule has 0 unspecified atom stereocenters. The molecule has 0 saturated heterocycles. The number of aliphatic imine (C=N–C) groups is 1. The summed E-state index contributed by atoms with van der Waals surface area (Å²) in [6, 6.07) is 14.7. The number of hydrogen-bond acceptors (Lipinski definition) is 5. The van der Waals surface area contributed by atoms with Crippen LogP contribution >= 0.6 is 11.6 Å². The molecular formula is C22H25ClN6O2. The summed E-state index contributed by atoms with van der Waals surface area (Å²) < 4.78 is 5.32. The van der Waals surface area contributed by atoms with Gasteiger partial charge in [-0.1, -0.05) is 28.9 Å². The van der Waals surface area contributed by atoms with Gasteiger partial charge < -0.3 is 20.1 Å². The third-order valence-corrected chi connectivity index (χ3v) is 4.60. The van der Waals surface area contributed by atoms with Crippen LogP contribution < -0.4 is 10.6 Å². The lowest BCUT2D eigenvalue weighted by Gasteiger charge is -2.11. The Morgan fingerprint density at radius 3 is 2.45 bits per heavy atom. The molecule has 1 heterocycles. The van der Waals surface area contributed by atoms with Crippen LogP contribution in [0.5, 0.6) is 0 Å². The van der Waals surface area contributed by atoms with E-state index in [0.29, 0.717) is 47.9 Å². The van der Waals surface area contributed by atoms with Gasteiger partial charge in [-0.25, -0.2) is 4.99 Å². The second-order valence-corrected chi connectivity index (χ2v) is 7.40. The molecule has 31 heavy (non-hydrogen) atoms. The molecule has 1 amide bonds. The van der Waals surface area contributed by atoms with Crippen molar-refractivity contribution in [2.45, 2.75) is 20.0 Å². The van der Waals surface area contributed by atoms with E-state index in [1.54, 1.807) is 31.1 Å². The van der Waals surface area contributed by atoms with E-state index in [1.807, 2.05) is 43.3 Å². The van der Waals surface area contributed by atoms with E-state index in [0.717, 1.165) is 11.1 Å². The van der Waals surface area contributed by atoms with Gasteiger partial charge in [-0.05, 0) is 48.9 Å². The fraction of sp³-hybridized carbons (Fsp3) is 0.273. The lowest BCUT2D eigenvalue weighted by molar-refractivity contribution is 0.0827. The molecule has 0 bridgehead atoms. The van der Waals surface area contributed by atoms with Gasteiger partial charge in [0.2, 0.25) is 11.7 Å². The number of guanidine groups is 1. The third-order valence-electron chi connectivity index (χ3n) is 4.35. The number of nitrogens with zero attached hydrogens (tertiary/aromatic N) is 4. The number of rotatable bonds is 7. The van der Waals surface area contributed by atoms with E-state index in [2.05, 4.69) is 25.8 Å². The molecule has 0 radical (unpaired) electrons. The Morgan fingerprint density at radius 1 is 1.10 bits per heavy atom. The van der Waals surface area contributed by atoms with Crippen molar-refractivity contribution in [3.8, 4) is 11.4 Å². The average molecular weight is 441 g/mol. The Morgan fingerprint density at radius 2 is 1.81 bits per heavy atom. The van der Waals surface area contributed by atoms with Gasteiger partial charge in [0.15, 0.2) is 5.96 Å². The molecule has 0 saturated carbocycles. The highest BCUT2D eigenvalue weighted by molar-refractivity contribution is 6.30. The number of carbonyl (C=O) groups excluding carboxylic acids is 1. The number of aromatic nitrogens is 2. The van der Waals surface area contributed by atoms with E-state index in [-0.39, 0.29) is 5.91 Å². The summed E-state index contributed by atoms with van der Waals surface area (Å²) in [5.74, 6) is 1.55. The summed E-state index contributed by atoms with van der Waals surface area (Å²) in [7, 11) is 3.47. The monoisotopic (exact) mass is 440 g/mol. The first kappa shape index (κ1) is 22.3. The summed E-state index contributed by atoms with van der Waals surface area (Å²) in [5, 5.41) is 11.0. The molecule has 0 aliphatic carbocycles. The largest absolute Gasteiger partial charge is 0.357 e. The molecule has 2 N–H and O–H groups in total. The molecule has 0 aliphatic heterocycles. The second kappa shape index (κ2) is 10.6. The Hall–Kier alpha value is -3.39. The fourth-order valence-corrected chi connectivity index (χ4v) is 2.85. The number of halogens is 1. The quantitative estimate of drug-likeness (QED) is 0.432. The third kappa shape index (κ3) is 6.29. The van der Waals surface area contributed by atoms with Gasteiger partial charge in [-0.15, -0.1) is 0 Å². The SMILES string of the molecule is CCNC(=NCc1ccc(C(=O)N(C)C)cc1)NCc1nc(-c2ccc(Cl)cc2)no1. The van der Waals surface area contributed by atoms with Crippen LogP contribution in [-0.4, -0.2) is 47.5 Å². The molecule has 0 aliphatic rings. The summed E-state index contributed by atoms with van der Waals surface area (Å²) >= 11 is 5.92. The highest BCUT2D eigenvalue weighted by Crippen LogP contribution is 2.18. The molecule has 0 atom stereocenters. The minimum Gasteiger partial charge on any atom is -0.357 e. The maximum absolute atomic E-state index is 12.0. The molecule has 8 nitrogen and oxygen atoms in total. The number of nitrogens with one attached hydrogen (secondary N) is 2. The van der Waals surface area contributed by atoms with Crippen LogP contribution in [0.25, 0.3) is 11.4 Å². The summed E-state index contributed by atoms with van der Waals surface area (Å²) in [5.41, 5.74) is 2.47. The Bertz CT molecular complexity index is 1030. The number of amides is 1. The normalized spacial score (nSPS) is 11.3. The molecule has 1 aromatic heterocycles. The molecule has 3 aromatic rings. The van der Waals surface area contributed by atoms with Crippen molar-refractivity contribution in [2.75, 3.05) is 20.6 Å². The summed E-state index contributed by atoms with van der Waals surface area (Å²) in [6.45, 7) is 3.50. The Balaban J connectivity index is 1.60. The van der Waals surface area contributed by atoms with Crippen LogP contribution in [0.2, 0.25) is 5.02 Å². The molecular weight excluding hydrogens is 416 g/mol. The zero-order valence-electron chi connectivity index (χ0n) is 17.7. The Labute approximate surface area is 186 Å². The van der Waals surface area contributed by atoms with Gasteiger partial charge in [0.05, 0.1) is 13.1 Å². The van der Waals surface area contributed by atoms with Crippen LogP contribution in [0, 0.1) is 0 Å². The molecule has 9 heteroatoms. The van der Waals surface area contributed by atoms with Gasteiger partial charge in [0.25, 0.3) is 5.91 Å². The predicted octanol–water partition coefficient (Wildman–Crippen LogP) is 3.35. The predicted molar refractivity (Wildman–Crippen MR) is 121 cm³/mol. The van der Waals surface area contributed by atoms with Crippen molar-refractivity contribution in [2.24, 2.45) is 4.99 Å². The van der Waals surface area contributed by atoms with Crippen LogP contribution in [0.3, 0.4) is 0 Å². The van der Waals surface area contributed by atoms with E-state index in [1.165, 1.54) is 0 Å². The van der Waals surface area contributed by atoms with E-state index in [9.17, 15) is 4.79 Å². The molecule has 0 spiro atoms. The van der Waals surface area contributed by atoms with E-state index >= 15 is 0 Å². The van der Waals surface area contributed by atoms with Crippen LogP contribution in [0.15, 0.2) is 58.0 Å². The number of benzene rings is 2. The minimum absolute atomic E-state index is 0.0254. The maximum Gasteiger partial charge on any atom is 0.253 e. The first-order valence-corrected chi connectivity index (χ1v) is 10.3.